The number of allylic oxidation sites excluding steroid dienone is 1. The molecule has 142 valence electrons. The van der Waals surface area contributed by atoms with Gasteiger partial charge < -0.3 is 4.57 Å². The number of fused-ring (bicyclic) bond motifs is 1. The normalized spacial score (nSPS) is 11.6. The molecule has 0 aliphatic carbocycles. The highest BCUT2D eigenvalue weighted by molar-refractivity contribution is 6.30. The number of nitriles is 1. The molecule has 4 aromatic rings. The molecule has 2 nitrogen and oxygen atoms in total. The van der Waals surface area contributed by atoms with Crippen LogP contribution in [-0.2, 0) is 6.54 Å². The molecule has 3 aromatic carbocycles. The molecule has 0 saturated heterocycles. The molecule has 0 spiro atoms. The van der Waals surface area contributed by atoms with Gasteiger partial charge in [0.15, 0.2) is 0 Å². The van der Waals surface area contributed by atoms with Gasteiger partial charge >= 0.3 is 0 Å². The van der Waals surface area contributed by atoms with Crippen molar-refractivity contribution in [3.63, 3.8) is 0 Å². The van der Waals surface area contributed by atoms with E-state index in [9.17, 15) is 9.65 Å². The van der Waals surface area contributed by atoms with Gasteiger partial charge in [0.05, 0.1) is 11.6 Å². The fourth-order valence-corrected chi connectivity index (χ4v) is 3.74. The monoisotopic (exact) mass is 400 g/mol. The molecule has 0 aliphatic rings. The summed E-state index contributed by atoms with van der Waals surface area (Å²) in [5, 5.41) is 11.4. The maximum atomic E-state index is 14.3. The van der Waals surface area contributed by atoms with E-state index in [-0.39, 0.29) is 0 Å². The standard InChI is InChI=1S/C25H18ClFN2/c1-17-23(14-19(15-28)21-6-2-4-8-24(21)27)22-7-3-5-9-25(22)29(17)16-18-10-12-20(26)13-11-18/h2-14H,16H2,1H3/b19-14-. The number of hydrogen-bond acceptors (Lipinski definition) is 1. The lowest BCUT2D eigenvalue weighted by Crippen LogP contribution is -2.01. The molecule has 0 radical (unpaired) electrons. The second kappa shape index (κ2) is 7.95. The van der Waals surface area contributed by atoms with E-state index in [1.807, 2.05) is 49.4 Å². The van der Waals surface area contributed by atoms with Gasteiger partial charge in [-0.1, -0.05) is 60.1 Å². The molecule has 1 aromatic heterocycles. The number of para-hydroxylation sites is 1. The van der Waals surface area contributed by atoms with Crippen LogP contribution in [0.4, 0.5) is 4.39 Å². The summed E-state index contributed by atoms with van der Waals surface area (Å²) >= 11 is 6.01. The van der Waals surface area contributed by atoms with Crippen molar-refractivity contribution in [2.75, 3.05) is 0 Å². The molecule has 0 atom stereocenters. The zero-order valence-corrected chi connectivity index (χ0v) is 16.6. The third-order valence-corrected chi connectivity index (χ3v) is 5.36. The summed E-state index contributed by atoms with van der Waals surface area (Å²) in [6.45, 7) is 2.71. The Hall–Kier alpha value is -3.35. The van der Waals surface area contributed by atoms with Crippen LogP contribution in [0.5, 0.6) is 0 Å². The van der Waals surface area contributed by atoms with Crippen molar-refractivity contribution >= 4 is 34.2 Å². The van der Waals surface area contributed by atoms with Crippen molar-refractivity contribution in [2.45, 2.75) is 13.5 Å². The Morgan fingerprint density at radius 3 is 2.45 bits per heavy atom. The van der Waals surface area contributed by atoms with Gasteiger partial charge in [-0.05, 0) is 42.8 Å². The second-order valence-corrected chi connectivity index (χ2v) is 7.31. The summed E-state index contributed by atoms with van der Waals surface area (Å²) < 4.78 is 16.5. The van der Waals surface area contributed by atoms with Crippen molar-refractivity contribution in [1.29, 1.82) is 5.26 Å². The minimum Gasteiger partial charge on any atom is -0.340 e. The van der Waals surface area contributed by atoms with Gasteiger partial charge in [-0.25, -0.2) is 4.39 Å². The first-order valence-electron chi connectivity index (χ1n) is 9.27. The summed E-state index contributed by atoms with van der Waals surface area (Å²) in [7, 11) is 0. The largest absolute Gasteiger partial charge is 0.340 e. The number of rotatable bonds is 4. The Labute approximate surface area is 174 Å². The van der Waals surface area contributed by atoms with Gasteiger partial charge in [-0.15, -0.1) is 0 Å². The van der Waals surface area contributed by atoms with E-state index >= 15 is 0 Å². The fourth-order valence-electron chi connectivity index (χ4n) is 3.61. The highest BCUT2D eigenvalue weighted by Crippen LogP contribution is 2.31. The van der Waals surface area contributed by atoms with Crippen LogP contribution < -0.4 is 0 Å². The summed E-state index contributed by atoms with van der Waals surface area (Å²) in [6.07, 6.45) is 1.79. The second-order valence-electron chi connectivity index (χ2n) is 6.88. The lowest BCUT2D eigenvalue weighted by Gasteiger charge is -2.09. The van der Waals surface area contributed by atoms with Crippen molar-refractivity contribution in [3.05, 3.63) is 106 Å². The van der Waals surface area contributed by atoms with E-state index in [0.717, 1.165) is 27.7 Å². The van der Waals surface area contributed by atoms with Gasteiger partial charge in [0.25, 0.3) is 0 Å². The Balaban J connectivity index is 1.87. The number of halogens is 2. The number of nitrogens with zero attached hydrogens (tertiary/aromatic N) is 2. The molecule has 0 fully saturated rings. The molecule has 1 heterocycles. The van der Waals surface area contributed by atoms with Crippen molar-refractivity contribution in [2.24, 2.45) is 0 Å². The van der Waals surface area contributed by atoms with Crippen LogP contribution in [0.2, 0.25) is 5.02 Å². The molecule has 4 heteroatoms. The first kappa shape index (κ1) is 19.0. The predicted octanol–water partition coefficient (Wildman–Crippen LogP) is 6.85. The number of aromatic nitrogens is 1. The SMILES string of the molecule is Cc1c(/C=C(/C#N)c2ccccc2F)c2ccccc2n1Cc1ccc(Cl)cc1. The van der Waals surface area contributed by atoms with E-state index < -0.39 is 5.82 Å². The van der Waals surface area contributed by atoms with Crippen LogP contribution in [0.25, 0.3) is 22.6 Å². The smallest absolute Gasteiger partial charge is 0.131 e. The summed E-state index contributed by atoms with van der Waals surface area (Å²) in [6, 6.07) is 24.4. The van der Waals surface area contributed by atoms with Crippen molar-refractivity contribution in [1.82, 2.24) is 4.57 Å². The third kappa shape index (κ3) is 3.68. The van der Waals surface area contributed by atoms with Crippen LogP contribution in [0.1, 0.15) is 22.4 Å². The lowest BCUT2D eigenvalue weighted by atomic mass is 10.0. The molecule has 0 N–H and O–H groups in total. The van der Waals surface area contributed by atoms with Crippen LogP contribution in [0.15, 0.2) is 72.8 Å². The molecular formula is C25H18ClFN2. The summed E-state index contributed by atoms with van der Waals surface area (Å²) in [4.78, 5) is 0. The highest BCUT2D eigenvalue weighted by atomic mass is 35.5. The Morgan fingerprint density at radius 1 is 1.03 bits per heavy atom. The zero-order chi connectivity index (χ0) is 20.4. The van der Waals surface area contributed by atoms with E-state index in [4.69, 9.17) is 11.6 Å². The van der Waals surface area contributed by atoms with Gasteiger partial charge in [0.1, 0.15) is 5.82 Å². The average molecular weight is 401 g/mol. The molecule has 0 unspecified atom stereocenters. The molecule has 0 amide bonds. The third-order valence-electron chi connectivity index (χ3n) is 5.11. The predicted molar refractivity (Wildman–Crippen MR) is 117 cm³/mol. The number of benzene rings is 3. The van der Waals surface area contributed by atoms with Crippen LogP contribution in [0, 0.1) is 24.1 Å². The van der Waals surface area contributed by atoms with E-state index in [1.165, 1.54) is 6.07 Å². The topological polar surface area (TPSA) is 28.7 Å². The van der Waals surface area contributed by atoms with E-state index in [2.05, 4.69) is 16.7 Å². The molecule has 29 heavy (non-hydrogen) atoms. The molecule has 0 bridgehead atoms. The average Bonchev–Trinajstić information content (AvgIpc) is 3.00. The van der Waals surface area contributed by atoms with Gasteiger partial charge in [0, 0.05) is 39.3 Å². The molecular weight excluding hydrogens is 383 g/mol. The lowest BCUT2D eigenvalue weighted by molar-refractivity contribution is 0.624. The molecule has 0 saturated carbocycles. The summed E-state index contributed by atoms with van der Waals surface area (Å²) in [5.41, 5.74) is 4.75. The first-order chi connectivity index (χ1) is 14.1. The fraction of sp³-hybridized carbons (Fsp3) is 0.0800. The Kier molecular flexibility index (Phi) is 5.20. The Morgan fingerprint density at radius 2 is 1.72 bits per heavy atom. The molecule has 4 rings (SSSR count). The van der Waals surface area contributed by atoms with Crippen LogP contribution in [0.3, 0.4) is 0 Å². The highest BCUT2D eigenvalue weighted by Gasteiger charge is 2.15. The number of hydrogen-bond donors (Lipinski definition) is 0. The molecule has 0 aliphatic heterocycles. The first-order valence-corrected chi connectivity index (χ1v) is 9.65. The van der Waals surface area contributed by atoms with Crippen molar-refractivity contribution in [3.8, 4) is 6.07 Å². The van der Waals surface area contributed by atoms with Gasteiger partial charge in [0.2, 0.25) is 0 Å². The maximum Gasteiger partial charge on any atom is 0.131 e. The zero-order valence-electron chi connectivity index (χ0n) is 15.9. The maximum absolute atomic E-state index is 14.3. The van der Waals surface area contributed by atoms with Gasteiger partial charge in [-0.3, -0.25) is 0 Å². The van der Waals surface area contributed by atoms with Crippen LogP contribution >= 0.6 is 11.6 Å². The van der Waals surface area contributed by atoms with Gasteiger partial charge in [-0.2, -0.15) is 5.26 Å². The quantitative estimate of drug-likeness (QED) is 0.344. The Bertz CT molecular complexity index is 1260. The van der Waals surface area contributed by atoms with E-state index in [1.54, 1.807) is 24.3 Å². The minimum atomic E-state index is -0.400. The van der Waals surface area contributed by atoms with E-state index in [0.29, 0.717) is 22.7 Å². The van der Waals surface area contributed by atoms with Crippen LogP contribution in [-0.4, -0.2) is 4.57 Å². The minimum absolute atomic E-state index is 0.306. The summed E-state index contributed by atoms with van der Waals surface area (Å²) in [5.74, 6) is -0.400. The van der Waals surface area contributed by atoms with Crippen molar-refractivity contribution < 1.29 is 4.39 Å².